The molecular weight excluding hydrogens is 511 g/mol. The van der Waals surface area contributed by atoms with Crippen LogP contribution in [0.15, 0.2) is 40.4 Å². The molecule has 0 saturated carbocycles. The van der Waals surface area contributed by atoms with E-state index in [9.17, 15) is 14.4 Å². The average molecular weight is 528 g/mol. The van der Waals surface area contributed by atoms with Crippen molar-refractivity contribution in [2.24, 2.45) is 0 Å². The predicted molar refractivity (Wildman–Crippen MR) is 122 cm³/mol. The Balaban J connectivity index is 2.06. The number of anilines is 1. The van der Waals surface area contributed by atoms with E-state index in [1.807, 2.05) is 13.8 Å². The van der Waals surface area contributed by atoms with E-state index in [0.717, 1.165) is 4.90 Å². The zero-order valence-electron chi connectivity index (χ0n) is 16.7. The standard InChI is InChI=1S/C21H17BrCl2N2O5/c1-10(2)31-18-13(22)8-11(9-16(18)30-3)7-12-19(27)25-21(29)26(20(12)28)15-6-4-5-14(23)17(15)24/h4-10H,1-3H3,(H,25,27,29)/b12-7+. The Labute approximate surface area is 197 Å². The van der Waals surface area contributed by atoms with Gasteiger partial charge in [-0.15, -0.1) is 0 Å². The fraction of sp³-hybridized carbons (Fsp3) is 0.190. The molecule has 2 aromatic carbocycles. The fourth-order valence-electron chi connectivity index (χ4n) is 2.88. The molecule has 0 unspecified atom stereocenters. The summed E-state index contributed by atoms with van der Waals surface area (Å²) in [4.78, 5) is 38.6. The third-order valence-corrected chi connectivity index (χ3v) is 5.59. The summed E-state index contributed by atoms with van der Waals surface area (Å²) in [5.41, 5.74) is 0.279. The van der Waals surface area contributed by atoms with E-state index >= 15 is 0 Å². The number of carbonyl (C=O) groups excluding carboxylic acids is 3. The van der Waals surface area contributed by atoms with Crippen LogP contribution >= 0.6 is 39.1 Å². The number of nitrogens with one attached hydrogen (secondary N) is 1. The van der Waals surface area contributed by atoms with Gasteiger partial charge in [0.05, 0.1) is 33.4 Å². The Morgan fingerprint density at radius 2 is 1.87 bits per heavy atom. The maximum absolute atomic E-state index is 13.1. The molecule has 0 aliphatic carbocycles. The zero-order chi connectivity index (χ0) is 22.9. The number of barbiturate groups is 1. The van der Waals surface area contributed by atoms with Crippen LogP contribution in [-0.2, 0) is 9.59 Å². The molecule has 0 spiro atoms. The molecule has 1 heterocycles. The number of benzene rings is 2. The lowest BCUT2D eigenvalue weighted by Gasteiger charge is -2.27. The summed E-state index contributed by atoms with van der Waals surface area (Å²) < 4.78 is 11.7. The Kier molecular flexibility index (Phi) is 6.93. The first kappa shape index (κ1) is 23.1. The van der Waals surface area contributed by atoms with Crippen molar-refractivity contribution in [2.75, 3.05) is 12.0 Å². The molecule has 7 nitrogen and oxygen atoms in total. The Morgan fingerprint density at radius 3 is 2.52 bits per heavy atom. The molecule has 10 heteroatoms. The lowest BCUT2D eigenvalue weighted by Crippen LogP contribution is -2.54. The number of amides is 4. The molecule has 1 saturated heterocycles. The van der Waals surface area contributed by atoms with Gasteiger partial charge in [0.15, 0.2) is 11.5 Å². The van der Waals surface area contributed by atoms with Crippen molar-refractivity contribution in [3.63, 3.8) is 0 Å². The van der Waals surface area contributed by atoms with Crippen LogP contribution in [-0.4, -0.2) is 31.1 Å². The van der Waals surface area contributed by atoms with Gasteiger partial charge >= 0.3 is 6.03 Å². The van der Waals surface area contributed by atoms with Gasteiger partial charge in [0, 0.05) is 0 Å². The highest BCUT2D eigenvalue weighted by molar-refractivity contribution is 9.10. The molecule has 1 fully saturated rings. The maximum atomic E-state index is 13.1. The second kappa shape index (κ2) is 9.30. The van der Waals surface area contributed by atoms with E-state index in [1.165, 1.54) is 25.3 Å². The Hall–Kier alpha value is -2.55. The number of imide groups is 2. The van der Waals surface area contributed by atoms with Crippen LogP contribution in [0.3, 0.4) is 0 Å². The van der Waals surface area contributed by atoms with E-state index in [2.05, 4.69) is 21.2 Å². The summed E-state index contributed by atoms with van der Waals surface area (Å²) in [7, 11) is 1.48. The second-order valence-electron chi connectivity index (χ2n) is 6.73. The van der Waals surface area contributed by atoms with Gasteiger partial charge in [-0.1, -0.05) is 29.3 Å². The van der Waals surface area contributed by atoms with Crippen LogP contribution in [0.25, 0.3) is 6.08 Å². The summed E-state index contributed by atoms with van der Waals surface area (Å²) in [5, 5.41) is 2.32. The highest BCUT2D eigenvalue weighted by atomic mass is 79.9. The van der Waals surface area contributed by atoms with Gasteiger partial charge in [0.2, 0.25) is 0 Å². The topological polar surface area (TPSA) is 84.9 Å². The SMILES string of the molecule is COc1cc(/C=C2\C(=O)NC(=O)N(c3cccc(Cl)c3Cl)C2=O)cc(Br)c1OC(C)C. The molecule has 0 radical (unpaired) electrons. The molecule has 162 valence electrons. The van der Waals surface area contributed by atoms with E-state index in [-0.39, 0.29) is 27.4 Å². The summed E-state index contributed by atoms with van der Waals surface area (Å²) in [5.74, 6) is -0.775. The van der Waals surface area contributed by atoms with Gasteiger partial charge in [0.25, 0.3) is 11.8 Å². The number of methoxy groups -OCH3 is 1. The van der Waals surface area contributed by atoms with Crippen molar-refractivity contribution in [2.45, 2.75) is 20.0 Å². The molecule has 0 aromatic heterocycles. The first-order valence-corrected chi connectivity index (χ1v) is 10.6. The summed E-state index contributed by atoms with van der Waals surface area (Å²) in [6.45, 7) is 3.75. The number of hydrogen-bond acceptors (Lipinski definition) is 5. The quantitative estimate of drug-likeness (QED) is 0.425. The molecule has 0 atom stereocenters. The normalized spacial score (nSPS) is 15.5. The molecule has 1 aliphatic heterocycles. The van der Waals surface area contributed by atoms with Gasteiger partial charge in [-0.05, 0) is 65.7 Å². The first-order chi connectivity index (χ1) is 14.6. The highest BCUT2D eigenvalue weighted by Gasteiger charge is 2.38. The summed E-state index contributed by atoms with van der Waals surface area (Å²) >= 11 is 15.6. The second-order valence-corrected chi connectivity index (χ2v) is 8.37. The lowest BCUT2D eigenvalue weighted by molar-refractivity contribution is -0.122. The number of nitrogens with zero attached hydrogens (tertiary/aromatic N) is 1. The molecule has 0 bridgehead atoms. The zero-order valence-corrected chi connectivity index (χ0v) is 19.8. The minimum absolute atomic E-state index is 0.0148. The van der Waals surface area contributed by atoms with Gasteiger partial charge in [-0.2, -0.15) is 0 Å². The van der Waals surface area contributed by atoms with Crippen molar-refractivity contribution >= 4 is 68.7 Å². The number of halogens is 3. The molecule has 3 rings (SSSR count). The smallest absolute Gasteiger partial charge is 0.336 e. The number of carbonyl (C=O) groups is 3. The first-order valence-electron chi connectivity index (χ1n) is 9.03. The monoisotopic (exact) mass is 526 g/mol. The van der Waals surface area contributed by atoms with Crippen molar-refractivity contribution in [1.82, 2.24) is 5.32 Å². The Bertz CT molecular complexity index is 1120. The van der Waals surface area contributed by atoms with Crippen molar-refractivity contribution < 1.29 is 23.9 Å². The van der Waals surface area contributed by atoms with Gasteiger partial charge < -0.3 is 9.47 Å². The Morgan fingerprint density at radius 1 is 1.16 bits per heavy atom. The van der Waals surface area contributed by atoms with E-state index < -0.39 is 17.8 Å². The summed E-state index contributed by atoms with van der Waals surface area (Å²) in [6.07, 6.45) is 1.25. The maximum Gasteiger partial charge on any atom is 0.336 e. The molecule has 1 N–H and O–H groups in total. The number of rotatable bonds is 5. The lowest BCUT2D eigenvalue weighted by atomic mass is 10.1. The molecule has 4 amide bonds. The van der Waals surface area contributed by atoms with Gasteiger partial charge in [-0.3, -0.25) is 14.9 Å². The van der Waals surface area contributed by atoms with Crippen LogP contribution in [0.4, 0.5) is 10.5 Å². The van der Waals surface area contributed by atoms with Crippen LogP contribution in [0.2, 0.25) is 10.0 Å². The van der Waals surface area contributed by atoms with Crippen LogP contribution < -0.4 is 19.7 Å². The van der Waals surface area contributed by atoms with Crippen molar-refractivity contribution in [3.05, 3.63) is 56.0 Å². The largest absolute Gasteiger partial charge is 0.493 e. The van der Waals surface area contributed by atoms with Crippen molar-refractivity contribution in [3.8, 4) is 11.5 Å². The molecule has 2 aromatic rings. The van der Waals surface area contributed by atoms with E-state index in [1.54, 1.807) is 18.2 Å². The van der Waals surface area contributed by atoms with Crippen LogP contribution in [0, 0.1) is 0 Å². The minimum atomic E-state index is -0.921. The fourth-order valence-corrected chi connectivity index (χ4v) is 3.81. The average Bonchev–Trinajstić information content (AvgIpc) is 2.69. The highest BCUT2D eigenvalue weighted by Crippen LogP contribution is 2.38. The predicted octanol–water partition coefficient (Wildman–Crippen LogP) is 5.22. The number of urea groups is 1. The molecule has 31 heavy (non-hydrogen) atoms. The minimum Gasteiger partial charge on any atom is -0.493 e. The number of ether oxygens (including phenoxy) is 2. The third-order valence-electron chi connectivity index (χ3n) is 4.19. The van der Waals surface area contributed by atoms with Gasteiger partial charge in [-0.25, -0.2) is 9.69 Å². The number of hydrogen-bond donors (Lipinski definition) is 1. The van der Waals surface area contributed by atoms with Gasteiger partial charge in [0.1, 0.15) is 5.57 Å². The molecular formula is C21H17BrCl2N2O5. The summed E-state index contributed by atoms with van der Waals surface area (Å²) in [6, 6.07) is 6.88. The molecule has 1 aliphatic rings. The van der Waals surface area contributed by atoms with Crippen molar-refractivity contribution in [1.29, 1.82) is 0 Å². The van der Waals surface area contributed by atoms with E-state index in [0.29, 0.717) is 21.5 Å². The van der Waals surface area contributed by atoms with Crippen LogP contribution in [0.5, 0.6) is 11.5 Å². The third kappa shape index (κ3) is 4.71. The van der Waals surface area contributed by atoms with Crippen LogP contribution in [0.1, 0.15) is 19.4 Å². The van der Waals surface area contributed by atoms with E-state index in [4.69, 9.17) is 32.7 Å².